The molecule has 4 heterocycles. The first-order chi connectivity index (χ1) is 19.0. The maximum atomic E-state index is 14.6. The summed E-state index contributed by atoms with van der Waals surface area (Å²) in [4.78, 5) is 34.8. The SMILES string of the molecule is Cc1cn2cc(NC(=O)c3ccc(N4CC[C@@H](N(C(=O)OC(C)(C)C)C5CC5)C4)c4cn(C)nc34)cc(F)c2n1. The van der Waals surface area contributed by atoms with Gasteiger partial charge >= 0.3 is 6.09 Å². The van der Waals surface area contributed by atoms with E-state index in [2.05, 4.69) is 20.3 Å². The topological polar surface area (TPSA) is 97.0 Å². The number of amides is 2. The zero-order chi connectivity index (χ0) is 28.3. The highest BCUT2D eigenvalue weighted by molar-refractivity contribution is 6.14. The fourth-order valence-electron chi connectivity index (χ4n) is 5.56. The average molecular weight is 548 g/mol. The Kier molecular flexibility index (Phi) is 6.19. The van der Waals surface area contributed by atoms with Gasteiger partial charge in [0, 0.05) is 61.9 Å². The number of benzene rings is 1. The summed E-state index contributed by atoms with van der Waals surface area (Å²) in [7, 11) is 1.82. The standard InChI is InChI=1S/C29H34FN7O3/c1-17-13-36-14-18(12-23(30)26(36)31-17)32-27(38)21-8-9-24(22-16-34(5)33-25(21)22)35-11-10-20(15-35)37(19-6-7-19)28(39)40-29(2,3)4/h8-9,12-14,16,19-20H,6-7,10-11,15H2,1-5H3,(H,32,38)/t20-/m1/s1. The highest BCUT2D eigenvalue weighted by atomic mass is 19.1. The number of aryl methyl sites for hydroxylation is 2. The lowest BCUT2D eigenvalue weighted by molar-refractivity contribution is 0.0158. The summed E-state index contributed by atoms with van der Waals surface area (Å²) in [6, 6.07) is 5.24. The van der Waals surface area contributed by atoms with Crippen LogP contribution >= 0.6 is 0 Å². The Morgan fingerprint density at radius 3 is 2.62 bits per heavy atom. The number of hydrogen-bond acceptors (Lipinski definition) is 6. The Morgan fingerprint density at radius 1 is 1.12 bits per heavy atom. The third-order valence-electron chi connectivity index (χ3n) is 7.34. The summed E-state index contributed by atoms with van der Waals surface area (Å²) in [5.41, 5.74) is 2.59. The summed E-state index contributed by atoms with van der Waals surface area (Å²) < 4.78 is 23.6. The molecule has 1 N–H and O–H groups in total. The number of hydrogen-bond donors (Lipinski definition) is 1. The number of nitrogens with zero attached hydrogens (tertiary/aromatic N) is 6. The Balaban J connectivity index is 1.25. The van der Waals surface area contributed by atoms with Crippen LogP contribution in [0.1, 0.15) is 56.1 Å². The van der Waals surface area contributed by atoms with Gasteiger partial charge in [0.2, 0.25) is 0 Å². The molecule has 6 rings (SSSR count). The predicted octanol–water partition coefficient (Wildman–Crippen LogP) is 4.90. The first-order valence-electron chi connectivity index (χ1n) is 13.7. The van der Waals surface area contributed by atoms with Crippen molar-refractivity contribution >= 4 is 39.9 Å². The zero-order valence-corrected chi connectivity index (χ0v) is 23.4. The molecule has 4 aromatic rings. The molecule has 10 nitrogen and oxygen atoms in total. The first-order valence-corrected chi connectivity index (χ1v) is 13.7. The van der Waals surface area contributed by atoms with Crippen LogP contribution in [-0.2, 0) is 11.8 Å². The molecule has 2 aliphatic rings. The van der Waals surface area contributed by atoms with E-state index in [-0.39, 0.29) is 29.7 Å². The van der Waals surface area contributed by atoms with E-state index in [4.69, 9.17) is 4.74 Å². The van der Waals surface area contributed by atoms with Gasteiger partial charge < -0.3 is 24.3 Å². The van der Waals surface area contributed by atoms with Gasteiger partial charge in [-0.25, -0.2) is 14.2 Å². The van der Waals surface area contributed by atoms with Crippen LogP contribution in [0.4, 0.5) is 20.6 Å². The minimum atomic E-state index is -0.546. The number of carbonyl (C=O) groups is 2. The molecule has 0 unspecified atom stereocenters. The third-order valence-corrected chi connectivity index (χ3v) is 7.34. The van der Waals surface area contributed by atoms with E-state index in [0.717, 1.165) is 36.9 Å². The van der Waals surface area contributed by atoms with Crippen molar-refractivity contribution in [2.24, 2.45) is 7.05 Å². The number of aromatic nitrogens is 4. The fourth-order valence-corrected chi connectivity index (χ4v) is 5.56. The monoisotopic (exact) mass is 547 g/mol. The summed E-state index contributed by atoms with van der Waals surface area (Å²) >= 11 is 0. The van der Waals surface area contributed by atoms with Gasteiger partial charge in [-0.2, -0.15) is 5.10 Å². The normalized spacial score (nSPS) is 17.6. The van der Waals surface area contributed by atoms with Crippen LogP contribution in [-0.4, -0.2) is 66.8 Å². The van der Waals surface area contributed by atoms with Gasteiger partial charge in [0.15, 0.2) is 11.5 Å². The molecule has 2 fully saturated rings. The van der Waals surface area contributed by atoms with Crippen molar-refractivity contribution in [3.8, 4) is 0 Å². The molecule has 0 radical (unpaired) electrons. The summed E-state index contributed by atoms with van der Waals surface area (Å²) in [5, 5.41) is 8.25. The number of nitrogens with one attached hydrogen (secondary N) is 1. The molecule has 0 spiro atoms. The van der Waals surface area contributed by atoms with Gasteiger partial charge in [-0.15, -0.1) is 0 Å². The van der Waals surface area contributed by atoms with Crippen molar-refractivity contribution in [1.29, 1.82) is 0 Å². The second-order valence-corrected chi connectivity index (χ2v) is 11.8. The number of imidazole rings is 1. The molecule has 210 valence electrons. The van der Waals surface area contributed by atoms with E-state index in [1.54, 1.807) is 34.5 Å². The molecule has 2 amide bonds. The minimum absolute atomic E-state index is 0.0497. The Morgan fingerprint density at radius 2 is 1.90 bits per heavy atom. The highest BCUT2D eigenvalue weighted by Gasteiger charge is 2.42. The van der Waals surface area contributed by atoms with Crippen LogP contribution in [0.2, 0.25) is 0 Å². The Bertz CT molecular complexity index is 1630. The molecule has 1 saturated carbocycles. The number of carbonyl (C=O) groups excluding carboxylic acids is 2. The van der Waals surface area contributed by atoms with Crippen molar-refractivity contribution in [1.82, 2.24) is 24.1 Å². The van der Waals surface area contributed by atoms with Crippen LogP contribution in [0.5, 0.6) is 0 Å². The van der Waals surface area contributed by atoms with Crippen LogP contribution in [0.15, 0.2) is 36.8 Å². The first kappa shape index (κ1) is 26.1. The maximum absolute atomic E-state index is 14.6. The summed E-state index contributed by atoms with van der Waals surface area (Å²) in [6.45, 7) is 8.90. The Hall–Kier alpha value is -4.15. The lowest BCUT2D eigenvalue weighted by atomic mass is 10.1. The van der Waals surface area contributed by atoms with Crippen molar-refractivity contribution in [3.05, 3.63) is 53.9 Å². The van der Waals surface area contributed by atoms with Crippen LogP contribution in [0.3, 0.4) is 0 Å². The van der Waals surface area contributed by atoms with Gasteiger partial charge in [0.05, 0.1) is 23.0 Å². The summed E-state index contributed by atoms with van der Waals surface area (Å²) in [5.74, 6) is -0.894. The number of fused-ring (bicyclic) bond motifs is 2. The maximum Gasteiger partial charge on any atom is 0.410 e. The van der Waals surface area contributed by atoms with E-state index >= 15 is 0 Å². The van der Waals surface area contributed by atoms with Crippen LogP contribution < -0.4 is 10.2 Å². The zero-order valence-electron chi connectivity index (χ0n) is 23.4. The van der Waals surface area contributed by atoms with E-state index in [1.807, 2.05) is 45.0 Å². The molecule has 11 heteroatoms. The van der Waals surface area contributed by atoms with Gasteiger partial charge in [0.25, 0.3) is 5.91 Å². The lowest BCUT2D eigenvalue weighted by Crippen LogP contribution is -2.46. The molecule has 1 aliphatic carbocycles. The molecular formula is C29H34FN7O3. The third kappa shape index (κ3) is 4.96. The lowest BCUT2D eigenvalue weighted by Gasteiger charge is -2.32. The van der Waals surface area contributed by atoms with Crippen molar-refractivity contribution in [3.63, 3.8) is 0 Å². The van der Waals surface area contributed by atoms with Crippen LogP contribution in [0.25, 0.3) is 16.6 Å². The van der Waals surface area contributed by atoms with Gasteiger partial charge in [-0.1, -0.05) is 0 Å². The molecule has 3 aromatic heterocycles. The molecule has 1 aromatic carbocycles. The number of ether oxygens (including phenoxy) is 1. The molecule has 1 saturated heterocycles. The molecule has 0 bridgehead atoms. The second-order valence-electron chi connectivity index (χ2n) is 11.8. The van der Waals surface area contributed by atoms with Gasteiger partial charge in [-0.3, -0.25) is 9.48 Å². The number of halogens is 1. The summed E-state index contributed by atoms with van der Waals surface area (Å²) in [6.07, 6.45) is 7.84. The Labute approximate surface area is 231 Å². The van der Waals surface area contributed by atoms with E-state index in [1.165, 1.54) is 6.07 Å². The number of anilines is 2. The molecular weight excluding hydrogens is 513 g/mol. The average Bonchev–Trinajstić information content (AvgIpc) is 3.23. The number of pyridine rings is 1. The van der Waals surface area contributed by atoms with Crippen LogP contribution in [0, 0.1) is 12.7 Å². The van der Waals surface area contributed by atoms with E-state index < -0.39 is 11.4 Å². The van der Waals surface area contributed by atoms with Gasteiger partial charge in [0.1, 0.15) is 11.1 Å². The van der Waals surface area contributed by atoms with E-state index in [0.29, 0.717) is 29.0 Å². The minimum Gasteiger partial charge on any atom is -0.444 e. The second kappa shape index (κ2) is 9.50. The molecule has 1 atom stereocenters. The fraction of sp³-hybridized carbons (Fsp3) is 0.448. The van der Waals surface area contributed by atoms with E-state index in [9.17, 15) is 14.0 Å². The quantitative estimate of drug-likeness (QED) is 0.382. The molecule has 1 aliphatic heterocycles. The van der Waals surface area contributed by atoms with Gasteiger partial charge in [-0.05, 0) is 59.1 Å². The smallest absolute Gasteiger partial charge is 0.410 e. The number of rotatable bonds is 5. The molecule has 40 heavy (non-hydrogen) atoms. The van der Waals surface area contributed by atoms with Crippen molar-refractivity contribution < 1.29 is 18.7 Å². The highest BCUT2D eigenvalue weighted by Crippen LogP contribution is 2.36. The van der Waals surface area contributed by atoms with Crippen molar-refractivity contribution in [2.75, 3.05) is 23.3 Å². The predicted molar refractivity (Wildman–Crippen MR) is 150 cm³/mol. The van der Waals surface area contributed by atoms with Crippen molar-refractivity contribution in [2.45, 2.75) is 64.6 Å². The largest absolute Gasteiger partial charge is 0.444 e.